The molecular weight excluding hydrogens is 356 g/mol. The summed E-state index contributed by atoms with van der Waals surface area (Å²) in [5.74, 6) is -2.42. The lowest BCUT2D eigenvalue weighted by Gasteiger charge is -2.29. The third kappa shape index (κ3) is 4.11. The number of amides is 4. The highest BCUT2D eigenvalue weighted by atomic mass is 35.5. The Balaban J connectivity index is 1.67. The highest BCUT2D eigenvalue weighted by Gasteiger charge is 2.41. The topological polar surface area (TPSA) is 83.3 Å². The average Bonchev–Trinajstić information content (AvgIpc) is 2.63. The van der Waals surface area contributed by atoms with Crippen LogP contribution in [0.25, 0.3) is 0 Å². The summed E-state index contributed by atoms with van der Waals surface area (Å²) in [4.78, 5) is 43.5. The normalized spacial score (nSPS) is 22.1. The first kappa shape index (κ1) is 18.5. The number of piperidine rings is 1. The fraction of sp³-hybridized carbons (Fsp3) is 0.444. The molecule has 0 aliphatic carbocycles. The third-order valence-corrected chi connectivity index (χ3v) is 5.02. The first-order valence-electron chi connectivity index (χ1n) is 8.85. The highest BCUT2D eigenvalue weighted by Crippen LogP contribution is 2.28. The number of benzene rings is 1. The summed E-state index contributed by atoms with van der Waals surface area (Å²) in [5.41, 5.74) is 0.250. The molecule has 138 valence electrons. The predicted molar refractivity (Wildman–Crippen MR) is 98.7 cm³/mol. The maximum Gasteiger partial charge on any atom is 0.335 e. The first-order chi connectivity index (χ1) is 12.6. The summed E-state index contributed by atoms with van der Waals surface area (Å²) >= 11 is 6.09. The standard InChI is InChI=1S/C18H21ClN4O3/c19-14-6-2-3-7-15(14)23-17(25)13(16(24)21-18(23)26)12-20-8-11-22-9-4-1-5-10-22/h2-3,6-7,12-13H,1,4-5,8-11H2,(H,21,24,26)/p+1/t13-/m0/s1. The molecule has 0 aromatic heterocycles. The molecule has 2 saturated heterocycles. The maximum absolute atomic E-state index is 12.7. The van der Waals surface area contributed by atoms with E-state index in [1.165, 1.54) is 30.4 Å². The van der Waals surface area contributed by atoms with Gasteiger partial charge in [-0.1, -0.05) is 23.7 Å². The molecule has 1 aromatic rings. The molecule has 2 heterocycles. The Labute approximate surface area is 157 Å². The number of urea groups is 1. The number of nitrogens with zero attached hydrogens (tertiary/aromatic N) is 2. The second kappa shape index (κ2) is 8.42. The van der Waals surface area contributed by atoms with E-state index in [1.54, 1.807) is 24.3 Å². The van der Waals surface area contributed by atoms with Gasteiger partial charge < -0.3 is 4.90 Å². The zero-order valence-electron chi connectivity index (χ0n) is 14.4. The van der Waals surface area contributed by atoms with Gasteiger partial charge in [-0.25, -0.2) is 9.69 Å². The van der Waals surface area contributed by atoms with Gasteiger partial charge in [-0.15, -0.1) is 0 Å². The van der Waals surface area contributed by atoms with Crippen LogP contribution in [0, 0.1) is 5.92 Å². The van der Waals surface area contributed by atoms with Crippen molar-refractivity contribution in [3.05, 3.63) is 29.3 Å². The molecule has 26 heavy (non-hydrogen) atoms. The van der Waals surface area contributed by atoms with Crippen LogP contribution in [-0.4, -0.2) is 50.2 Å². The quantitative estimate of drug-likeness (QED) is 0.584. The van der Waals surface area contributed by atoms with Crippen LogP contribution in [0.5, 0.6) is 0 Å². The van der Waals surface area contributed by atoms with Crippen LogP contribution in [0.15, 0.2) is 29.3 Å². The van der Waals surface area contributed by atoms with Gasteiger partial charge in [-0.3, -0.25) is 19.9 Å². The van der Waals surface area contributed by atoms with Crippen molar-refractivity contribution in [2.24, 2.45) is 10.9 Å². The number of carbonyl (C=O) groups is 3. The Bertz CT molecular complexity index is 731. The highest BCUT2D eigenvalue weighted by molar-refractivity contribution is 6.38. The minimum Gasteiger partial charge on any atom is -0.333 e. The summed E-state index contributed by atoms with van der Waals surface area (Å²) in [6.45, 7) is 3.72. The Morgan fingerprint density at radius 2 is 1.92 bits per heavy atom. The van der Waals surface area contributed by atoms with E-state index in [4.69, 9.17) is 11.6 Å². The number of carbonyl (C=O) groups excluding carboxylic acids is 3. The van der Waals surface area contributed by atoms with Gasteiger partial charge in [0, 0.05) is 6.21 Å². The second-order valence-electron chi connectivity index (χ2n) is 6.51. The number of hydrogen-bond donors (Lipinski definition) is 2. The van der Waals surface area contributed by atoms with Gasteiger partial charge in [0.15, 0.2) is 5.92 Å². The molecule has 0 radical (unpaired) electrons. The van der Waals surface area contributed by atoms with Gasteiger partial charge in [-0.2, -0.15) is 0 Å². The molecule has 1 aromatic carbocycles. The molecule has 0 unspecified atom stereocenters. The molecule has 8 heteroatoms. The fourth-order valence-electron chi connectivity index (χ4n) is 3.29. The summed E-state index contributed by atoms with van der Waals surface area (Å²) in [5, 5.41) is 2.46. The van der Waals surface area contributed by atoms with E-state index in [2.05, 4.69) is 10.3 Å². The van der Waals surface area contributed by atoms with Crippen LogP contribution in [0.1, 0.15) is 19.3 Å². The lowest BCUT2D eigenvalue weighted by atomic mass is 10.1. The van der Waals surface area contributed by atoms with E-state index in [9.17, 15) is 14.4 Å². The van der Waals surface area contributed by atoms with Crippen molar-refractivity contribution in [1.29, 1.82) is 0 Å². The number of barbiturate groups is 1. The van der Waals surface area contributed by atoms with Gasteiger partial charge in [0.1, 0.15) is 0 Å². The Kier molecular flexibility index (Phi) is 6.00. The first-order valence-corrected chi connectivity index (χ1v) is 9.22. The number of halogens is 1. The molecule has 2 N–H and O–H groups in total. The Hall–Kier alpha value is -2.25. The smallest absolute Gasteiger partial charge is 0.333 e. The monoisotopic (exact) mass is 377 g/mol. The minimum atomic E-state index is -1.12. The van der Waals surface area contributed by atoms with Crippen LogP contribution in [0.3, 0.4) is 0 Å². The number of likely N-dealkylation sites (tertiary alicyclic amines) is 1. The van der Waals surface area contributed by atoms with E-state index in [1.807, 2.05) is 0 Å². The van der Waals surface area contributed by atoms with Crippen molar-refractivity contribution < 1.29 is 19.3 Å². The predicted octanol–water partition coefficient (Wildman–Crippen LogP) is 0.679. The van der Waals surface area contributed by atoms with Crippen LogP contribution in [-0.2, 0) is 9.59 Å². The molecular formula is C18H22ClN4O3+. The minimum absolute atomic E-state index is 0.250. The van der Waals surface area contributed by atoms with Gasteiger partial charge in [-0.05, 0) is 31.4 Å². The van der Waals surface area contributed by atoms with Crippen molar-refractivity contribution in [1.82, 2.24) is 5.32 Å². The largest absolute Gasteiger partial charge is 0.335 e. The lowest BCUT2D eigenvalue weighted by molar-refractivity contribution is -0.903. The van der Waals surface area contributed by atoms with Crippen LogP contribution >= 0.6 is 11.6 Å². The van der Waals surface area contributed by atoms with Crippen molar-refractivity contribution in [2.45, 2.75) is 19.3 Å². The summed E-state index contributed by atoms with van der Waals surface area (Å²) in [6.07, 6.45) is 5.10. The zero-order chi connectivity index (χ0) is 18.5. The molecule has 0 saturated carbocycles. The summed E-state index contributed by atoms with van der Waals surface area (Å²) in [7, 11) is 0. The van der Waals surface area contributed by atoms with Crippen LogP contribution < -0.4 is 15.1 Å². The number of nitrogens with one attached hydrogen (secondary N) is 2. The number of hydrogen-bond acceptors (Lipinski definition) is 4. The molecule has 2 aliphatic rings. The number of quaternary nitrogens is 1. The van der Waals surface area contributed by atoms with E-state index in [0.29, 0.717) is 6.54 Å². The van der Waals surface area contributed by atoms with Crippen LogP contribution in [0.2, 0.25) is 5.02 Å². The van der Waals surface area contributed by atoms with Crippen molar-refractivity contribution in [3.8, 4) is 0 Å². The van der Waals surface area contributed by atoms with E-state index < -0.39 is 23.8 Å². The third-order valence-electron chi connectivity index (χ3n) is 4.71. The van der Waals surface area contributed by atoms with Gasteiger partial charge in [0.2, 0.25) is 5.91 Å². The van der Waals surface area contributed by atoms with Crippen molar-refractivity contribution >= 4 is 41.3 Å². The molecule has 0 spiro atoms. The van der Waals surface area contributed by atoms with Gasteiger partial charge in [0.05, 0.1) is 36.9 Å². The zero-order valence-corrected chi connectivity index (χ0v) is 15.2. The maximum atomic E-state index is 12.7. The average molecular weight is 378 g/mol. The van der Waals surface area contributed by atoms with Crippen molar-refractivity contribution in [2.75, 3.05) is 31.1 Å². The molecule has 0 bridgehead atoms. The van der Waals surface area contributed by atoms with Crippen LogP contribution in [0.4, 0.5) is 10.5 Å². The van der Waals surface area contributed by atoms with E-state index >= 15 is 0 Å². The summed E-state index contributed by atoms with van der Waals surface area (Å²) < 4.78 is 0. The molecule has 4 amide bonds. The molecule has 7 nitrogen and oxygen atoms in total. The van der Waals surface area contributed by atoms with E-state index in [0.717, 1.165) is 24.5 Å². The Morgan fingerprint density at radius 1 is 1.19 bits per heavy atom. The lowest BCUT2D eigenvalue weighted by Crippen LogP contribution is -3.13. The number of aliphatic imine (C=N–C) groups is 1. The molecule has 1 atom stereocenters. The molecule has 3 rings (SSSR count). The van der Waals surface area contributed by atoms with Gasteiger partial charge >= 0.3 is 6.03 Å². The number of para-hydroxylation sites is 1. The Morgan fingerprint density at radius 3 is 2.65 bits per heavy atom. The number of anilines is 1. The van der Waals surface area contributed by atoms with Crippen molar-refractivity contribution in [3.63, 3.8) is 0 Å². The second-order valence-corrected chi connectivity index (χ2v) is 6.92. The summed E-state index contributed by atoms with van der Waals surface area (Å²) in [6, 6.07) is 5.71. The number of rotatable bonds is 5. The molecule has 2 fully saturated rings. The SMILES string of the molecule is O=C1NC(=O)N(c2ccccc2Cl)C(=O)[C@H]1C=NCC[NH+]1CCCCC1. The molecule has 2 aliphatic heterocycles. The fourth-order valence-corrected chi connectivity index (χ4v) is 3.51. The van der Waals surface area contributed by atoms with E-state index in [-0.39, 0.29) is 10.7 Å². The van der Waals surface area contributed by atoms with Gasteiger partial charge in [0.25, 0.3) is 5.91 Å². The number of imide groups is 2.